The highest BCUT2D eigenvalue weighted by molar-refractivity contribution is 6.35. The summed E-state index contributed by atoms with van der Waals surface area (Å²) in [6.45, 7) is 8.28. The quantitative estimate of drug-likeness (QED) is 0.578. The van der Waals surface area contributed by atoms with Crippen molar-refractivity contribution in [2.24, 2.45) is 0 Å². The number of halogens is 1. The number of benzene rings is 1. The molecule has 3 aromatic rings. The number of nitrogens with one attached hydrogen (secondary N) is 1. The number of imidazole rings is 1. The van der Waals surface area contributed by atoms with E-state index in [2.05, 4.69) is 21.9 Å². The van der Waals surface area contributed by atoms with E-state index in [0.29, 0.717) is 53.5 Å². The minimum absolute atomic E-state index is 0.105. The molecule has 34 heavy (non-hydrogen) atoms. The van der Waals surface area contributed by atoms with Crippen molar-refractivity contribution < 1.29 is 14.4 Å². The molecule has 0 radical (unpaired) electrons. The largest absolute Gasteiger partial charge is 0.339 e. The number of fused-ring (bicyclic) bond motifs is 1. The summed E-state index contributed by atoms with van der Waals surface area (Å²) in [7, 11) is 0. The third kappa shape index (κ3) is 4.65. The van der Waals surface area contributed by atoms with Gasteiger partial charge in [0.05, 0.1) is 22.1 Å². The molecule has 2 aromatic heterocycles. The average Bonchev–Trinajstić information content (AvgIpc) is 3.03. The minimum Gasteiger partial charge on any atom is -0.339 e. The Bertz CT molecular complexity index is 1290. The van der Waals surface area contributed by atoms with E-state index in [1.807, 2.05) is 4.57 Å². The van der Waals surface area contributed by atoms with Gasteiger partial charge in [0.15, 0.2) is 0 Å². The smallest absolute Gasteiger partial charge is 0.258 e. The number of para-hydroxylation sites is 1. The molecule has 0 saturated carbocycles. The number of anilines is 1. The van der Waals surface area contributed by atoms with E-state index < -0.39 is 6.04 Å². The van der Waals surface area contributed by atoms with Crippen molar-refractivity contribution in [3.8, 4) is 0 Å². The first kappa shape index (κ1) is 23.4. The normalized spacial score (nSPS) is 16.3. The van der Waals surface area contributed by atoms with Gasteiger partial charge in [-0.2, -0.15) is 0 Å². The molecule has 1 N–H and O–H groups in total. The molecule has 0 spiro atoms. The fourth-order valence-corrected chi connectivity index (χ4v) is 4.44. The van der Waals surface area contributed by atoms with Crippen molar-refractivity contribution in [2.45, 2.75) is 19.9 Å². The Morgan fingerprint density at radius 2 is 1.91 bits per heavy atom. The Morgan fingerprint density at radius 3 is 2.62 bits per heavy atom. The lowest BCUT2D eigenvalue weighted by molar-refractivity contribution is -0.130. The van der Waals surface area contributed by atoms with Gasteiger partial charge in [0.1, 0.15) is 0 Å². The minimum atomic E-state index is -0.408. The van der Waals surface area contributed by atoms with E-state index in [4.69, 9.17) is 11.6 Å². The third-order valence-electron chi connectivity index (χ3n) is 5.84. The van der Waals surface area contributed by atoms with Crippen LogP contribution >= 0.6 is 11.6 Å². The molecule has 9 nitrogen and oxygen atoms in total. The van der Waals surface area contributed by atoms with Crippen LogP contribution in [-0.4, -0.2) is 68.2 Å². The zero-order chi connectivity index (χ0) is 24.4. The average molecular weight is 481 g/mol. The molecular formula is C24H25ClN6O3. The van der Waals surface area contributed by atoms with Gasteiger partial charge >= 0.3 is 0 Å². The number of aromatic nitrogens is 3. The molecule has 0 aliphatic carbocycles. The van der Waals surface area contributed by atoms with Crippen molar-refractivity contribution >= 4 is 46.3 Å². The second-order valence-electron chi connectivity index (χ2n) is 8.16. The van der Waals surface area contributed by atoms with Gasteiger partial charge in [-0.1, -0.05) is 24.2 Å². The fourth-order valence-electron chi connectivity index (χ4n) is 4.18. The molecule has 3 heterocycles. The maximum Gasteiger partial charge on any atom is 0.258 e. The van der Waals surface area contributed by atoms with Crippen LogP contribution in [0.5, 0.6) is 0 Å². The molecule has 3 amide bonds. The number of pyridine rings is 1. The molecule has 10 heteroatoms. The fraction of sp³-hybridized carbons (Fsp3) is 0.292. The van der Waals surface area contributed by atoms with Gasteiger partial charge in [-0.05, 0) is 37.3 Å². The first-order valence-corrected chi connectivity index (χ1v) is 11.2. The number of hydrogen-bond donors (Lipinski definition) is 1. The van der Waals surface area contributed by atoms with Crippen molar-refractivity contribution in [2.75, 3.05) is 31.5 Å². The van der Waals surface area contributed by atoms with Gasteiger partial charge < -0.3 is 14.4 Å². The van der Waals surface area contributed by atoms with Crippen molar-refractivity contribution in [1.29, 1.82) is 0 Å². The van der Waals surface area contributed by atoms with Crippen molar-refractivity contribution in [3.63, 3.8) is 0 Å². The van der Waals surface area contributed by atoms with E-state index in [0.717, 1.165) is 0 Å². The molecule has 1 atom stereocenters. The van der Waals surface area contributed by atoms with E-state index in [1.54, 1.807) is 53.3 Å². The van der Waals surface area contributed by atoms with Crippen LogP contribution < -0.4 is 5.32 Å². The molecule has 1 aliphatic heterocycles. The van der Waals surface area contributed by atoms with Crippen LogP contribution in [0.15, 0.2) is 49.2 Å². The molecular weight excluding hydrogens is 456 g/mol. The molecule has 1 saturated heterocycles. The molecule has 0 bridgehead atoms. The molecule has 1 fully saturated rings. The van der Waals surface area contributed by atoms with Gasteiger partial charge in [-0.15, -0.1) is 0 Å². The number of hydrogen-bond acceptors (Lipinski definition) is 5. The lowest BCUT2D eigenvalue weighted by Gasteiger charge is -2.27. The number of rotatable bonds is 4. The van der Waals surface area contributed by atoms with E-state index in [-0.39, 0.29) is 23.7 Å². The van der Waals surface area contributed by atoms with E-state index >= 15 is 0 Å². The second kappa shape index (κ2) is 9.64. The second-order valence-corrected chi connectivity index (χ2v) is 8.57. The van der Waals surface area contributed by atoms with Crippen LogP contribution in [0.2, 0.25) is 5.02 Å². The molecule has 1 aromatic carbocycles. The summed E-state index contributed by atoms with van der Waals surface area (Å²) in [5, 5.41) is 3.34. The monoisotopic (exact) mass is 480 g/mol. The Kier molecular flexibility index (Phi) is 6.65. The first-order valence-electron chi connectivity index (χ1n) is 10.9. The van der Waals surface area contributed by atoms with Crippen LogP contribution in [0.4, 0.5) is 5.95 Å². The SMILES string of the molecule is C=CC(=O)N1CCN(C(C)=O)CC(n2c(NC(=O)c3ccnc(C)c3)nc3cccc(Cl)c32)C1. The number of amides is 3. The maximum atomic E-state index is 13.1. The van der Waals surface area contributed by atoms with Crippen LogP contribution in [-0.2, 0) is 9.59 Å². The van der Waals surface area contributed by atoms with Gasteiger partial charge in [-0.25, -0.2) is 4.98 Å². The van der Waals surface area contributed by atoms with E-state index in [9.17, 15) is 14.4 Å². The van der Waals surface area contributed by atoms with Gasteiger partial charge in [0.2, 0.25) is 17.8 Å². The molecule has 176 valence electrons. The maximum absolute atomic E-state index is 13.1. The number of carbonyl (C=O) groups is 3. The zero-order valence-electron chi connectivity index (χ0n) is 19.0. The molecule has 1 unspecified atom stereocenters. The Morgan fingerprint density at radius 1 is 1.18 bits per heavy atom. The summed E-state index contributed by atoms with van der Waals surface area (Å²) in [6, 6.07) is 8.22. The van der Waals surface area contributed by atoms with Crippen LogP contribution in [0.3, 0.4) is 0 Å². The lowest BCUT2D eigenvalue weighted by atomic mass is 10.2. The topological polar surface area (TPSA) is 100 Å². The Hall–Kier alpha value is -3.72. The van der Waals surface area contributed by atoms with Gasteiger partial charge in [0.25, 0.3) is 5.91 Å². The van der Waals surface area contributed by atoms with Crippen molar-refractivity contribution in [1.82, 2.24) is 24.3 Å². The number of carbonyl (C=O) groups excluding carboxylic acids is 3. The van der Waals surface area contributed by atoms with Crippen LogP contribution in [0.1, 0.15) is 29.0 Å². The highest BCUT2D eigenvalue weighted by Crippen LogP contribution is 2.32. The molecule has 4 rings (SSSR count). The molecule has 1 aliphatic rings. The van der Waals surface area contributed by atoms with Gasteiger partial charge in [-0.3, -0.25) is 24.7 Å². The van der Waals surface area contributed by atoms with Gasteiger partial charge in [0, 0.05) is 50.6 Å². The highest BCUT2D eigenvalue weighted by atomic mass is 35.5. The summed E-state index contributed by atoms with van der Waals surface area (Å²) < 4.78 is 1.81. The lowest BCUT2D eigenvalue weighted by Crippen LogP contribution is -2.35. The summed E-state index contributed by atoms with van der Waals surface area (Å²) in [5.74, 6) is -0.409. The predicted molar refractivity (Wildman–Crippen MR) is 130 cm³/mol. The van der Waals surface area contributed by atoms with Crippen LogP contribution in [0, 0.1) is 6.92 Å². The zero-order valence-corrected chi connectivity index (χ0v) is 19.7. The van der Waals surface area contributed by atoms with Crippen molar-refractivity contribution in [3.05, 3.63) is 65.5 Å². The number of nitrogens with zero attached hydrogens (tertiary/aromatic N) is 5. The van der Waals surface area contributed by atoms with Crippen LogP contribution in [0.25, 0.3) is 11.0 Å². The standard InChI is InChI=1S/C24H25ClN6O3/c1-4-21(33)30-11-10-29(16(3)32)13-18(14-30)31-22-19(25)6-5-7-20(22)27-24(31)28-23(34)17-8-9-26-15(2)12-17/h4-9,12,18H,1,10-11,13-14H2,2-3H3,(H,27,28,34). The predicted octanol–water partition coefficient (Wildman–Crippen LogP) is 3.06. The highest BCUT2D eigenvalue weighted by Gasteiger charge is 2.31. The number of aryl methyl sites for hydroxylation is 1. The Labute approximate surface area is 202 Å². The summed E-state index contributed by atoms with van der Waals surface area (Å²) in [6.07, 6.45) is 2.83. The Balaban J connectivity index is 1.81. The summed E-state index contributed by atoms with van der Waals surface area (Å²) in [5.41, 5.74) is 2.36. The summed E-state index contributed by atoms with van der Waals surface area (Å²) >= 11 is 6.58. The first-order chi connectivity index (χ1) is 16.3. The van der Waals surface area contributed by atoms with E-state index in [1.165, 1.54) is 13.0 Å². The summed E-state index contributed by atoms with van der Waals surface area (Å²) in [4.78, 5) is 49.9. The third-order valence-corrected chi connectivity index (χ3v) is 6.15.